The largest absolute Gasteiger partial charge is 0.309 e. The minimum atomic E-state index is 0.985. The second-order valence-electron chi connectivity index (χ2n) is 15.1. The Labute approximate surface area is 335 Å². The van der Waals surface area contributed by atoms with Crippen molar-refractivity contribution < 1.29 is 0 Å². The first-order chi connectivity index (χ1) is 28.8. The molecule has 0 N–H and O–H groups in total. The molecular formula is C55H35N3. The van der Waals surface area contributed by atoms with Crippen LogP contribution in [0.5, 0.6) is 0 Å². The van der Waals surface area contributed by atoms with Crippen molar-refractivity contribution in [2.24, 2.45) is 0 Å². The lowest BCUT2D eigenvalue weighted by Gasteiger charge is -2.14. The minimum absolute atomic E-state index is 0.985. The van der Waals surface area contributed by atoms with Crippen molar-refractivity contribution in [1.82, 2.24) is 14.1 Å². The van der Waals surface area contributed by atoms with E-state index in [1.165, 1.54) is 71.3 Å². The zero-order valence-electron chi connectivity index (χ0n) is 31.5. The quantitative estimate of drug-likeness (QED) is 0.161. The fourth-order valence-corrected chi connectivity index (χ4v) is 9.26. The van der Waals surface area contributed by atoms with Crippen LogP contribution in [0.4, 0.5) is 0 Å². The lowest BCUT2D eigenvalue weighted by molar-refractivity contribution is 1.18. The average molecular weight is 738 g/mol. The first kappa shape index (κ1) is 32.5. The smallest absolute Gasteiger partial charge is 0.0788 e. The fourth-order valence-electron chi connectivity index (χ4n) is 9.26. The molecule has 3 aromatic heterocycles. The van der Waals surface area contributed by atoms with Gasteiger partial charge < -0.3 is 9.13 Å². The van der Waals surface area contributed by atoms with E-state index in [9.17, 15) is 0 Å². The molecule has 0 bridgehead atoms. The van der Waals surface area contributed by atoms with E-state index in [0.29, 0.717) is 0 Å². The van der Waals surface area contributed by atoms with Crippen LogP contribution in [0.25, 0.3) is 110 Å². The molecule has 9 aromatic carbocycles. The number of aromatic nitrogens is 3. The predicted molar refractivity (Wildman–Crippen MR) is 244 cm³/mol. The third-order valence-corrected chi connectivity index (χ3v) is 11.9. The lowest BCUT2D eigenvalue weighted by atomic mass is 9.96. The van der Waals surface area contributed by atoms with E-state index in [1.807, 2.05) is 0 Å². The van der Waals surface area contributed by atoms with Gasteiger partial charge in [0.2, 0.25) is 0 Å². The second-order valence-corrected chi connectivity index (χ2v) is 15.1. The Kier molecular flexibility index (Phi) is 7.23. The molecule has 270 valence electrons. The van der Waals surface area contributed by atoms with Crippen LogP contribution in [0.3, 0.4) is 0 Å². The summed E-state index contributed by atoms with van der Waals surface area (Å²) in [7, 11) is 0. The van der Waals surface area contributed by atoms with Gasteiger partial charge in [-0.05, 0) is 76.9 Å². The molecule has 0 spiro atoms. The highest BCUT2D eigenvalue weighted by molar-refractivity contribution is 6.29. The topological polar surface area (TPSA) is 22.8 Å². The Morgan fingerprint density at radius 2 is 0.776 bits per heavy atom. The Hall–Kier alpha value is -7.75. The third kappa shape index (κ3) is 4.97. The van der Waals surface area contributed by atoms with E-state index in [-0.39, 0.29) is 0 Å². The highest BCUT2D eigenvalue weighted by Crippen LogP contribution is 2.43. The maximum atomic E-state index is 5.39. The van der Waals surface area contributed by atoms with E-state index in [4.69, 9.17) is 4.98 Å². The van der Waals surface area contributed by atoms with Crippen LogP contribution in [-0.2, 0) is 0 Å². The number of pyridine rings is 1. The Bertz CT molecular complexity index is 3430. The van der Waals surface area contributed by atoms with Crippen LogP contribution >= 0.6 is 0 Å². The zero-order valence-corrected chi connectivity index (χ0v) is 31.5. The van der Waals surface area contributed by atoms with E-state index < -0.39 is 0 Å². The molecule has 58 heavy (non-hydrogen) atoms. The van der Waals surface area contributed by atoms with Crippen molar-refractivity contribution in [3.05, 3.63) is 212 Å². The summed E-state index contributed by atoms with van der Waals surface area (Å²) in [6.45, 7) is 0. The molecule has 0 aliphatic rings. The second kappa shape index (κ2) is 12.9. The van der Waals surface area contributed by atoms with Crippen LogP contribution in [0, 0.1) is 0 Å². The Balaban J connectivity index is 1.08. The Morgan fingerprint density at radius 3 is 1.43 bits per heavy atom. The molecule has 12 aromatic rings. The summed E-state index contributed by atoms with van der Waals surface area (Å²) in [5.41, 5.74) is 14.9. The molecular weight excluding hydrogens is 703 g/mol. The maximum absolute atomic E-state index is 5.39. The van der Waals surface area contributed by atoms with Gasteiger partial charge in [0.25, 0.3) is 0 Å². The molecule has 0 saturated heterocycles. The van der Waals surface area contributed by atoms with Crippen molar-refractivity contribution in [2.45, 2.75) is 0 Å². The van der Waals surface area contributed by atoms with Crippen LogP contribution in [0.2, 0.25) is 0 Å². The van der Waals surface area contributed by atoms with Crippen LogP contribution in [0.1, 0.15) is 0 Å². The first-order valence-electron chi connectivity index (χ1n) is 19.9. The van der Waals surface area contributed by atoms with Gasteiger partial charge in [-0.25, -0.2) is 4.98 Å². The molecule has 0 aliphatic carbocycles. The van der Waals surface area contributed by atoms with Crippen molar-refractivity contribution in [1.29, 1.82) is 0 Å². The molecule has 0 fully saturated rings. The van der Waals surface area contributed by atoms with E-state index in [1.54, 1.807) is 0 Å². The molecule has 0 atom stereocenters. The summed E-state index contributed by atoms with van der Waals surface area (Å²) < 4.78 is 4.83. The standard InChI is InChI=1S/C55H35N3/c1-4-14-36(15-5-1)39-26-30-43-44-31-27-40(37-16-6-2-7-17-37)35-52(44)58(51(43)34-39)42-28-24-38(25-29-42)55-47-32-33-50-54(53(47)45-20-10-12-22-48(45)56-55)46-21-11-13-23-49(46)57(50)41-18-8-3-9-19-41/h1-35H. The number of benzene rings is 9. The van der Waals surface area contributed by atoms with Gasteiger partial charge in [0, 0.05) is 54.6 Å². The van der Waals surface area contributed by atoms with Gasteiger partial charge in [-0.3, -0.25) is 0 Å². The summed E-state index contributed by atoms with van der Waals surface area (Å²) in [5.74, 6) is 0. The van der Waals surface area contributed by atoms with Gasteiger partial charge in [-0.15, -0.1) is 0 Å². The summed E-state index contributed by atoms with van der Waals surface area (Å²) in [5, 5.41) is 8.50. The first-order valence-corrected chi connectivity index (χ1v) is 19.9. The number of para-hydroxylation sites is 3. The Morgan fingerprint density at radius 1 is 0.276 bits per heavy atom. The maximum Gasteiger partial charge on any atom is 0.0788 e. The minimum Gasteiger partial charge on any atom is -0.309 e. The molecule has 0 unspecified atom stereocenters. The highest BCUT2D eigenvalue weighted by Gasteiger charge is 2.20. The molecule has 0 saturated carbocycles. The normalized spacial score (nSPS) is 11.8. The molecule has 3 nitrogen and oxygen atoms in total. The van der Waals surface area contributed by atoms with E-state index in [0.717, 1.165) is 38.9 Å². The summed E-state index contributed by atoms with van der Waals surface area (Å²) in [4.78, 5) is 5.39. The number of nitrogens with zero attached hydrogens (tertiary/aromatic N) is 3. The van der Waals surface area contributed by atoms with Crippen LogP contribution in [-0.4, -0.2) is 14.1 Å². The number of hydrogen-bond donors (Lipinski definition) is 0. The molecule has 3 heterocycles. The third-order valence-electron chi connectivity index (χ3n) is 11.9. The van der Waals surface area contributed by atoms with Crippen LogP contribution < -0.4 is 0 Å². The van der Waals surface area contributed by atoms with E-state index >= 15 is 0 Å². The van der Waals surface area contributed by atoms with Crippen LogP contribution in [0.15, 0.2) is 212 Å². The lowest BCUT2D eigenvalue weighted by Crippen LogP contribution is -1.96. The monoisotopic (exact) mass is 737 g/mol. The molecule has 0 radical (unpaired) electrons. The fraction of sp³-hybridized carbons (Fsp3) is 0. The molecule has 12 rings (SSSR count). The van der Waals surface area contributed by atoms with Crippen molar-refractivity contribution in [3.63, 3.8) is 0 Å². The van der Waals surface area contributed by atoms with E-state index in [2.05, 4.69) is 221 Å². The van der Waals surface area contributed by atoms with Gasteiger partial charge in [-0.2, -0.15) is 0 Å². The predicted octanol–water partition coefficient (Wildman–Crippen LogP) is 14.6. The van der Waals surface area contributed by atoms with Crippen molar-refractivity contribution >= 4 is 65.3 Å². The summed E-state index contributed by atoms with van der Waals surface area (Å²) in [6, 6.07) is 76.7. The van der Waals surface area contributed by atoms with Crippen molar-refractivity contribution in [3.8, 4) is 44.9 Å². The number of fused-ring (bicyclic) bond motifs is 10. The van der Waals surface area contributed by atoms with Gasteiger partial charge in [0.15, 0.2) is 0 Å². The zero-order chi connectivity index (χ0) is 38.2. The molecule has 3 heteroatoms. The van der Waals surface area contributed by atoms with Gasteiger partial charge in [0.1, 0.15) is 0 Å². The number of hydrogen-bond acceptors (Lipinski definition) is 1. The van der Waals surface area contributed by atoms with Gasteiger partial charge >= 0.3 is 0 Å². The number of rotatable bonds is 5. The highest BCUT2D eigenvalue weighted by atomic mass is 15.0. The van der Waals surface area contributed by atoms with Crippen molar-refractivity contribution in [2.75, 3.05) is 0 Å². The average Bonchev–Trinajstić information content (AvgIpc) is 3.82. The van der Waals surface area contributed by atoms with Gasteiger partial charge in [0.05, 0.1) is 33.3 Å². The summed E-state index contributed by atoms with van der Waals surface area (Å²) in [6.07, 6.45) is 0. The SMILES string of the molecule is c1ccc(-c2ccc3c4ccc(-c5ccccc5)cc4n(-c4ccc(-c5nc6ccccc6c6c5ccc5c6c6ccccc6n5-c5ccccc5)cc4)c3c2)cc1. The molecule has 0 amide bonds. The summed E-state index contributed by atoms with van der Waals surface area (Å²) >= 11 is 0. The van der Waals surface area contributed by atoms with Gasteiger partial charge in [-0.1, -0.05) is 158 Å². The molecule has 0 aliphatic heterocycles.